The van der Waals surface area contributed by atoms with Crippen LogP contribution in [0.1, 0.15) is 35.2 Å². The molecule has 0 amide bonds. The van der Waals surface area contributed by atoms with Crippen LogP contribution in [0.2, 0.25) is 0 Å². The summed E-state index contributed by atoms with van der Waals surface area (Å²) in [6, 6.07) is 11.4. The van der Waals surface area contributed by atoms with E-state index in [2.05, 4.69) is 10.2 Å². The van der Waals surface area contributed by atoms with Crippen LogP contribution in [0.25, 0.3) is 11.1 Å². The molecule has 0 spiro atoms. The van der Waals surface area contributed by atoms with Crippen molar-refractivity contribution >= 4 is 5.97 Å². The van der Waals surface area contributed by atoms with Crippen LogP contribution in [0.3, 0.4) is 0 Å². The quantitative estimate of drug-likeness (QED) is 0.660. The van der Waals surface area contributed by atoms with E-state index < -0.39 is 11.9 Å². The molecule has 0 aliphatic rings. The summed E-state index contributed by atoms with van der Waals surface area (Å²) >= 11 is 0. The number of aryl methyl sites for hydroxylation is 2. The third kappa shape index (κ3) is 3.98. The topological polar surface area (TPSA) is 94.7 Å². The van der Waals surface area contributed by atoms with Gasteiger partial charge >= 0.3 is 5.97 Å². The van der Waals surface area contributed by atoms with E-state index in [1.165, 1.54) is 0 Å². The number of hydrogen-bond acceptors (Lipinski definition) is 6. The van der Waals surface area contributed by atoms with Gasteiger partial charge in [-0.05, 0) is 35.7 Å². The Morgan fingerprint density at radius 2 is 1.79 bits per heavy atom. The molecule has 2 aromatic carbocycles. The van der Waals surface area contributed by atoms with Crippen molar-refractivity contribution in [1.29, 1.82) is 0 Å². The minimum atomic E-state index is -0.947. The van der Waals surface area contributed by atoms with Crippen molar-refractivity contribution in [3.8, 4) is 22.6 Å². The smallest absolute Gasteiger partial charge is 0.304 e. The van der Waals surface area contributed by atoms with Crippen LogP contribution in [0, 0.1) is 13.8 Å². The van der Waals surface area contributed by atoms with Crippen LogP contribution in [0.15, 0.2) is 40.8 Å². The summed E-state index contributed by atoms with van der Waals surface area (Å²) in [5.41, 5.74) is 3.41. The molecule has 0 bridgehead atoms. The fourth-order valence-electron chi connectivity index (χ4n) is 3.21. The molecule has 1 N–H and O–H groups in total. The summed E-state index contributed by atoms with van der Waals surface area (Å²) < 4.78 is 16.6. The lowest BCUT2D eigenvalue weighted by atomic mass is 9.91. The summed E-state index contributed by atoms with van der Waals surface area (Å²) in [4.78, 5) is 11.4. The highest BCUT2D eigenvalue weighted by Crippen LogP contribution is 2.41. The zero-order valence-corrected chi connectivity index (χ0v) is 16.2. The molecule has 0 saturated carbocycles. The molecule has 1 heterocycles. The van der Waals surface area contributed by atoms with Gasteiger partial charge in [-0.3, -0.25) is 4.79 Å². The lowest BCUT2D eigenvalue weighted by Gasteiger charge is -2.17. The highest BCUT2D eigenvalue weighted by atomic mass is 16.5. The van der Waals surface area contributed by atoms with Gasteiger partial charge in [-0.25, -0.2) is 0 Å². The van der Waals surface area contributed by atoms with Gasteiger partial charge in [-0.1, -0.05) is 24.3 Å². The first-order chi connectivity index (χ1) is 13.4. The van der Waals surface area contributed by atoms with Crippen molar-refractivity contribution in [1.82, 2.24) is 10.2 Å². The molecule has 0 radical (unpaired) electrons. The largest absolute Gasteiger partial charge is 0.496 e. The molecule has 0 aliphatic carbocycles. The van der Waals surface area contributed by atoms with Crippen molar-refractivity contribution in [2.75, 3.05) is 14.2 Å². The van der Waals surface area contributed by atoms with E-state index in [1.807, 2.05) is 43.3 Å². The number of nitrogens with zero attached hydrogens (tertiary/aromatic N) is 2. The van der Waals surface area contributed by atoms with Crippen molar-refractivity contribution in [2.45, 2.75) is 26.2 Å². The second-order valence-electron chi connectivity index (χ2n) is 6.48. The van der Waals surface area contributed by atoms with E-state index in [0.717, 1.165) is 22.3 Å². The van der Waals surface area contributed by atoms with E-state index in [0.29, 0.717) is 17.4 Å². The van der Waals surface area contributed by atoms with Gasteiger partial charge in [0.25, 0.3) is 0 Å². The number of aromatic nitrogens is 2. The first-order valence-corrected chi connectivity index (χ1v) is 8.77. The Hall–Kier alpha value is -3.35. The predicted octanol–water partition coefficient (Wildman–Crippen LogP) is 3.98. The second kappa shape index (κ2) is 8.12. The molecule has 3 aromatic rings. The van der Waals surface area contributed by atoms with E-state index in [1.54, 1.807) is 21.1 Å². The lowest BCUT2D eigenvalue weighted by Crippen LogP contribution is -2.08. The van der Waals surface area contributed by atoms with E-state index in [4.69, 9.17) is 13.9 Å². The summed E-state index contributed by atoms with van der Waals surface area (Å²) in [5, 5.41) is 17.2. The van der Waals surface area contributed by atoms with Crippen LogP contribution >= 0.6 is 0 Å². The molecule has 146 valence electrons. The third-order valence-electron chi connectivity index (χ3n) is 4.45. The first-order valence-electron chi connectivity index (χ1n) is 8.77. The fraction of sp³-hybridized carbons (Fsp3) is 0.286. The monoisotopic (exact) mass is 382 g/mol. The summed E-state index contributed by atoms with van der Waals surface area (Å²) in [6.07, 6.45) is -0.159. The Labute approximate surface area is 162 Å². The Morgan fingerprint density at radius 1 is 1.11 bits per heavy atom. The van der Waals surface area contributed by atoms with Gasteiger partial charge in [0.15, 0.2) is 0 Å². The Kier molecular flexibility index (Phi) is 5.63. The minimum Gasteiger partial charge on any atom is -0.496 e. The molecule has 0 aliphatic heterocycles. The molecular formula is C21H22N2O5. The number of rotatable bonds is 7. The number of hydrogen-bond donors (Lipinski definition) is 1. The number of aliphatic carboxylic acids is 1. The molecule has 1 atom stereocenters. The van der Waals surface area contributed by atoms with E-state index in [9.17, 15) is 9.90 Å². The zero-order valence-electron chi connectivity index (χ0n) is 16.2. The van der Waals surface area contributed by atoms with Crippen molar-refractivity contribution in [2.24, 2.45) is 0 Å². The average Bonchev–Trinajstić information content (AvgIpc) is 3.11. The zero-order chi connectivity index (χ0) is 20.3. The first kappa shape index (κ1) is 19.4. The molecule has 1 unspecified atom stereocenters. The Balaban J connectivity index is 2.12. The number of carboxylic acid groups (broad SMARTS) is 1. The lowest BCUT2D eigenvalue weighted by molar-refractivity contribution is -0.137. The Morgan fingerprint density at radius 3 is 2.32 bits per heavy atom. The average molecular weight is 382 g/mol. The van der Waals surface area contributed by atoms with Crippen molar-refractivity contribution in [3.63, 3.8) is 0 Å². The van der Waals surface area contributed by atoms with Gasteiger partial charge in [0.2, 0.25) is 11.8 Å². The third-order valence-corrected chi connectivity index (χ3v) is 4.45. The molecule has 7 nitrogen and oxygen atoms in total. The number of carbonyl (C=O) groups is 1. The molecule has 7 heteroatoms. The van der Waals surface area contributed by atoms with Gasteiger partial charge in [0.1, 0.15) is 11.5 Å². The van der Waals surface area contributed by atoms with Gasteiger partial charge in [-0.2, -0.15) is 0 Å². The molecule has 28 heavy (non-hydrogen) atoms. The van der Waals surface area contributed by atoms with Gasteiger partial charge < -0.3 is 19.0 Å². The molecular weight excluding hydrogens is 360 g/mol. The highest BCUT2D eigenvalue weighted by molar-refractivity contribution is 5.78. The summed E-state index contributed by atoms with van der Waals surface area (Å²) in [7, 11) is 3.21. The minimum absolute atomic E-state index is 0.159. The second-order valence-corrected chi connectivity index (χ2v) is 6.48. The molecule has 0 fully saturated rings. The van der Waals surface area contributed by atoms with Crippen LogP contribution in [-0.2, 0) is 4.79 Å². The number of carboxylic acids is 1. The van der Waals surface area contributed by atoms with Gasteiger partial charge in [0, 0.05) is 6.92 Å². The summed E-state index contributed by atoms with van der Waals surface area (Å²) in [6.45, 7) is 3.64. The van der Waals surface area contributed by atoms with E-state index >= 15 is 0 Å². The van der Waals surface area contributed by atoms with Crippen LogP contribution in [0.4, 0.5) is 0 Å². The molecule has 0 saturated heterocycles. The number of methoxy groups -OCH3 is 2. The maximum absolute atomic E-state index is 11.4. The standard InChI is InChI=1S/C21H22N2O5/c1-12-8-17(26-3)20(18(9-12)27-4)15-7-5-6-14(10-15)16(11-19(24)25)21-23-22-13(2)28-21/h5-10,16H,11H2,1-4H3,(H,24,25). The normalized spacial score (nSPS) is 11.9. The van der Waals surface area contributed by atoms with Gasteiger partial charge in [-0.15, -0.1) is 10.2 Å². The SMILES string of the molecule is COc1cc(C)cc(OC)c1-c1cccc(C(CC(=O)O)c2nnc(C)o2)c1. The maximum Gasteiger partial charge on any atom is 0.304 e. The highest BCUT2D eigenvalue weighted by Gasteiger charge is 2.24. The van der Waals surface area contributed by atoms with Crippen LogP contribution < -0.4 is 9.47 Å². The number of ether oxygens (including phenoxy) is 2. The van der Waals surface area contributed by atoms with Crippen LogP contribution in [-0.4, -0.2) is 35.5 Å². The maximum atomic E-state index is 11.4. The van der Waals surface area contributed by atoms with E-state index in [-0.39, 0.29) is 12.3 Å². The van der Waals surface area contributed by atoms with Crippen molar-refractivity contribution < 1.29 is 23.8 Å². The Bertz CT molecular complexity index is 971. The van der Waals surface area contributed by atoms with Crippen molar-refractivity contribution in [3.05, 3.63) is 59.3 Å². The fourth-order valence-corrected chi connectivity index (χ4v) is 3.21. The summed E-state index contributed by atoms with van der Waals surface area (Å²) in [5.74, 6) is 0.524. The molecule has 3 rings (SSSR count). The van der Waals surface area contributed by atoms with Gasteiger partial charge in [0.05, 0.1) is 32.1 Å². The molecule has 1 aromatic heterocycles. The predicted molar refractivity (Wildman–Crippen MR) is 103 cm³/mol. The van der Waals surface area contributed by atoms with Crippen LogP contribution in [0.5, 0.6) is 11.5 Å². The number of benzene rings is 2.